The van der Waals surface area contributed by atoms with Crippen molar-refractivity contribution in [1.82, 2.24) is 4.90 Å². The smallest absolute Gasteiger partial charge is 0.335 e. The van der Waals surface area contributed by atoms with Crippen molar-refractivity contribution in [1.29, 1.82) is 0 Å². The van der Waals surface area contributed by atoms with Gasteiger partial charge in [0.05, 0.1) is 10.5 Å². The zero-order valence-corrected chi connectivity index (χ0v) is 15.1. The van der Waals surface area contributed by atoms with Crippen molar-refractivity contribution < 1.29 is 23.9 Å². The fourth-order valence-corrected chi connectivity index (χ4v) is 3.47. The fourth-order valence-electron chi connectivity index (χ4n) is 2.56. The number of hydrogen-bond donors (Lipinski definition) is 1. The van der Waals surface area contributed by atoms with Gasteiger partial charge in [-0.05, 0) is 49.4 Å². The van der Waals surface area contributed by atoms with E-state index in [1.54, 1.807) is 24.3 Å². The Morgan fingerprint density at radius 3 is 2.77 bits per heavy atom. The summed E-state index contributed by atoms with van der Waals surface area (Å²) in [6.07, 6.45) is 2.23. The topological polar surface area (TPSA) is 87.8 Å². The zero-order chi connectivity index (χ0) is 18.8. The Morgan fingerprint density at radius 1 is 1.31 bits per heavy atom. The van der Waals surface area contributed by atoms with Gasteiger partial charge in [0.1, 0.15) is 11.5 Å². The van der Waals surface area contributed by atoms with E-state index in [-0.39, 0.29) is 22.8 Å². The number of thioether (sulfide) groups is 1. The fraction of sp³-hybridized carbons (Fsp3) is 0.211. The van der Waals surface area contributed by atoms with E-state index in [2.05, 4.69) is 0 Å². The molecule has 7 heteroatoms. The number of aromatic carboxylic acids is 1. The molecule has 2 heterocycles. The number of carboxylic acids is 1. The second-order valence-electron chi connectivity index (χ2n) is 5.90. The molecule has 134 valence electrons. The molecule has 0 saturated carbocycles. The van der Waals surface area contributed by atoms with Gasteiger partial charge in [-0.25, -0.2) is 4.79 Å². The summed E-state index contributed by atoms with van der Waals surface area (Å²) < 4.78 is 5.71. The van der Waals surface area contributed by atoms with E-state index < -0.39 is 5.97 Å². The number of furan rings is 1. The van der Waals surface area contributed by atoms with Gasteiger partial charge >= 0.3 is 5.97 Å². The molecule has 0 radical (unpaired) electrons. The lowest BCUT2D eigenvalue weighted by molar-refractivity contribution is -0.124. The lowest BCUT2D eigenvalue weighted by Crippen LogP contribution is -2.36. The van der Waals surface area contributed by atoms with Gasteiger partial charge in [0, 0.05) is 17.7 Å². The molecule has 1 aromatic heterocycles. The van der Waals surface area contributed by atoms with Crippen LogP contribution in [0.4, 0.5) is 4.79 Å². The van der Waals surface area contributed by atoms with Gasteiger partial charge in [0.25, 0.3) is 11.1 Å². The van der Waals surface area contributed by atoms with Gasteiger partial charge in [-0.15, -0.1) is 0 Å². The highest BCUT2D eigenvalue weighted by Crippen LogP contribution is 2.35. The highest BCUT2D eigenvalue weighted by Gasteiger charge is 2.37. The Labute approximate surface area is 154 Å². The van der Waals surface area contributed by atoms with Crippen LogP contribution in [0.3, 0.4) is 0 Å². The maximum Gasteiger partial charge on any atom is 0.335 e. The number of carbonyl (C=O) groups is 3. The molecule has 0 bridgehead atoms. The number of rotatable bonds is 5. The molecule has 0 unspecified atom stereocenters. The van der Waals surface area contributed by atoms with Crippen LogP contribution in [0.1, 0.15) is 36.4 Å². The van der Waals surface area contributed by atoms with E-state index in [9.17, 15) is 14.4 Å². The molecule has 2 aromatic rings. The summed E-state index contributed by atoms with van der Waals surface area (Å²) in [4.78, 5) is 37.1. The van der Waals surface area contributed by atoms with E-state index in [0.29, 0.717) is 28.4 Å². The Bertz CT molecular complexity index is 914. The van der Waals surface area contributed by atoms with Crippen LogP contribution >= 0.6 is 11.8 Å². The zero-order valence-electron chi connectivity index (χ0n) is 14.3. The number of hydrogen-bond acceptors (Lipinski definition) is 5. The second kappa shape index (κ2) is 7.21. The van der Waals surface area contributed by atoms with Crippen LogP contribution in [0.5, 0.6) is 0 Å². The third kappa shape index (κ3) is 3.43. The van der Waals surface area contributed by atoms with Crippen molar-refractivity contribution in [2.75, 3.05) is 0 Å². The number of amides is 2. The van der Waals surface area contributed by atoms with Crippen LogP contribution in [0, 0.1) is 0 Å². The first-order chi connectivity index (χ1) is 12.4. The summed E-state index contributed by atoms with van der Waals surface area (Å²) >= 11 is 0.893. The van der Waals surface area contributed by atoms with Crippen LogP contribution < -0.4 is 0 Å². The predicted octanol–water partition coefficient (Wildman–Crippen LogP) is 4.48. The minimum absolute atomic E-state index is 0.153. The predicted molar refractivity (Wildman–Crippen MR) is 98.7 cm³/mol. The normalized spacial score (nSPS) is 17.2. The molecule has 0 aliphatic carbocycles. The van der Waals surface area contributed by atoms with Crippen LogP contribution in [0.15, 0.2) is 45.7 Å². The lowest BCUT2D eigenvalue weighted by atomic mass is 10.1. The van der Waals surface area contributed by atoms with Crippen molar-refractivity contribution in [3.05, 3.63) is 52.6 Å². The maximum absolute atomic E-state index is 12.4. The third-order valence-corrected chi connectivity index (χ3v) is 5.03. The molecule has 1 aliphatic rings. The van der Waals surface area contributed by atoms with Gasteiger partial charge in [-0.1, -0.05) is 19.1 Å². The van der Waals surface area contributed by atoms with Crippen molar-refractivity contribution >= 4 is 35.0 Å². The second-order valence-corrected chi connectivity index (χ2v) is 6.89. The minimum Gasteiger partial charge on any atom is -0.478 e. The van der Waals surface area contributed by atoms with Crippen molar-refractivity contribution in [2.24, 2.45) is 0 Å². The van der Waals surface area contributed by atoms with Crippen LogP contribution in [-0.2, 0) is 4.79 Å². The molecule has 6 nitrogen and oxygen atoms in total. The molecule has 3 rings (SSSR count). The van der Waals surface area contributed by atoms with Gasteiger partial charge in [-0.2, -0.15) is 0 Å². The number of nitrogens with zero attached hydrogens (tertiary/aromatic N) is 1. The van der Waals surface area contributed by atoms with E-state index in [1.165, 1.54) is 23.1 Å². The number of carbonyl (C=O) groups excluding carboxylic acids is 2. The highest BCUT2D eigenvalue weighted by atomic mass is 32.2. The van der Waals surface area contributed by atoms with E-state index >= 15 is 0 Å². The third-order valence-electron chi connectivity index (χ3n) is 4.15. The molecule has 1 fully saturated rings. The molecule has 1 atom stereocenters. The molecule has 1 aliphatic heterocycles. The molecule has 1 saturated heterocycles. The molecular weight excluding hydrogens is 354 g/mol. The average Bonchev–Trinajstić information content (AvgIpc) is 3.19. The Balaban J connectivity index is 1.86. The van der Waals surface area contributed by atoms with Gasteiger partial charge in [0.15, 0.2) is 0 Å². The molecule has 2 amide bonds. The summed E-state index contributed by atoms with van der Waals surface area (Å²) in [7, 11) is 0. The Morgan fingerprint density at radius 2 is 2.08 bits per heavy atom. The molecule has 26 heavy (non-hydrogen) atoms. The van der Waals surface area contributed by atoms with E-state index in [0.717, 1.165) is 11.8 Å². The van der Waals surface area contributed by atoms with Crippen LogP contribution in [-0.4, -0.2) is 33.2 Å². The van der Waals surface area contributed by atoms with Crippen molar-refractivity contribution in [2.45, 2.75) is 26.3 Å². The van der Waals surface area contributed by atoms with E-state index in [4.69, 9.17) is 9.52 Å². The maximum atomic E-state index is 12.4. The number of carboxylic acid groups (broad SMARTS) is 1. The van der Waals surface area contributed by atoms with Crippen molar-refractivity contribution in [3.8, 4) is 11.3 Å². The summed E-state index contributed by atoms with van der Waals surface area (Å²) in [5.41, 5.74) is 0.785. The molecule has 1 aromatic carbocycles. The van der Waals surface area contributed by atoms with Crippen LogP contribution in [0.2, 0.25) is 0 Å². The summed E-state index contributed by atoms with van der Waals surface area (Å²) in [6.45, 7) is 3.75. The largest absolute Gasteiger partial charge is 0.478 e. The molecule has 0 spiro atoms. The number of imide groups is 1. The lowest BCUT2D eigenvalue weighted by Gasteiger charge is -2.19. The van der Waals surface area contributed by atoms with Gasteiger partial charge in [0.2, 0.25) is 0 Å². The van der Waals surface area contributed by atoms with Crippen molar-refractivity contribution in [3.63, 3.8) is 0 Å². The molecule has 1 N–H and O–H groups in total. The Hall–Kier alpha value is -2.80. The summed E-state index contributed by atoms with van der Waals surface area (Å²) in [6, 6.07) is 9.62. The SMILES string of the molecule is CC[C@@H](C)N1C(=O)S/C(=C\c2ccc(-c3cccc(C(=O)O)c3)o2)C1=O. The average molecular weight is 371 g/mol. The Kier molecular flexibility index (Phi) is 4.99. The standard InChI is InChI=1S/C19H17NO5S/c1-3-11(2)20-17(21)16(26-19(20)24)10-14-7-8-15(25-14)12-5-4-6-13(9-12)18(22)23/h4-11H,3H2,1-2H3,(H,22,23)/b16-10-/t11-/m1/s1. The summed E-state index contributed by atoms with van der Waals surface area (Å²) in [5, 5.41) is 8.80. The van der Waals surface area contributed by atoms with Gasteiger partial charge < -0.3 is 9.52 Å². The quantitative estimate of drug-likeness (QED) is 0.780. The molecular formula is C19H17NO5S. The first-order valence-electron chi connectivity index (χ1n) is 8.11. The monoisotopic (exact) mass is 371 g/mol. The highest BCUT2D eigenvalue weighted by molar-refractivity contribution is 8.18. The minimum atomic E-state index is -1.02. The first-order valence-corrected chi connectivity index (χ1v) is 8.93. The van der Waals surface area contributed by atoms with Gasteiger partial charge in [-0.3, -0.25) is 14.5 Å². The van der Waals surface area contributed by atoms with E-state index in [1.807, 2.05) is 13.8 Å². The summed E-state index contributed by atoms with van der Waals surface area (Å²) in [5.74, 6) is -0.423. The number of benzene rings is 1. The first kappa shape index (κ1) is 18.0. The van der Waals surface area contributed by atoms with Crippen LogP contribution in [0.25, 0.3) is 17.4 Å².